The molecule has 0 bridgehead atoms. The molecule has 0 saturated carbocycles. The van der Waals surface area contributed by atoms with Crippen molar-refractivity contribution in [3.05, 3.63) is 46.7 Å². The molecule has 0 N–H and O–H groups in total. The second-order valence-electron chi connectivity index (χ2n) is 5.26. The van der Waals surface area contributed by atoms with Gasteiger partial charge in [-0.25, -0.2) is 13.4 Å². The fourth-order valence-electron chi connectivity index (χ4n) is 2.41. The largest absolute Gasteiger partial charge is 0.360 e. The third-order valence-corrected chi connectivity index (χ3v) is 5.76. The van der Waals surface area contributed by atoms with Crippen LogP contribution in [-0.4, -0.2) is 34.3 Å². The number of hydrogen-bond donors (Lipinski definition) is 0. The van der Waals surface area contributed by atoms with Crippen molar-refractivity contribution in [2.24, 2.45) is 0 Å². The summed E-state index contributed by atoms with van der Waals surface area (Å²) in [5.74, 6) is 0.274. The average Bonchev–Trinajstić information content (AvgIpc) is 3.01. The van der Waals surface area contributed by atoms with Crippen LogP contribution in [0.3, 0.4) is 0 Å². The van der Waals surface area contributed by atoms with Crippen LogP contribution >= 0.6 is 11.6 Å². The van der Waals surface area contributed by atoms with E-state index in [4.69, 9.17) is 16.1 Å². The van der Waals surface area contributed by atoms with E-state index < -0.39 is 10.0 Å². The summed E-state index contributed by atoms with van der Waals surface area (Å²) in [6.45, 7) is 3.31. The molecule has 0 aliphatic carbocycles. The van der Waals surface area contributed by atoms with Gasteiger partial charge in [0.2, 0.25) is 10.0 Å². The number of imidazole rings is 1. The Hall–Kier alpha value is -1.90. The Morgan fingerprint density at radius 1 is 1.30 bits per heavy atom. The van der Waals surface area contributed by atoms with Crippen LogP contribution in [0.25, 0.3) is 5.65 Å². The molecule has 23 heavy (non-hydrogen) atoms. The summed E-state index contributed by atoms with van der Waals surface area (Å²) in [5, 5.41) is 4.28. The first-order chi connectivity index (χ1) is 10.8. The van der Waals surface area contributed by atoms with Gasteiger partial charge < -0.3 is 8.92 Å². The number of aryl methyl sites for hydroxylation is 2. The molecule has 3 aromatic rings. The summed E-state index contributed by atoms with van der Waals surface area (Å²) in [6, 6.07) is 3.51. The van der Waals surface area contributed by atoms with Gasteiger partial charge >= 0.3 is 0 Å². The summed E-state index contributed by atoms with van der Waals surface area (Å²) in [4.78, 5) is 4.50. The van der Waals surface area contributed by atoms with Crippen molar-refractivity contribution in [2.45, 2.75) is 25.3 Å². The molecule has 0 spiro atoms. The summed E-state index contributed by atoms with van der Waals surface area (Å²) in [6.07, 6.45) is 3.47. The summed E-state index contributed by atoms with van der Waals surface area (Å²) >= 11 is 5.94. The van der Waals surface area contributed by atoms with Crippen molar-refractivity contribution in [3.8, 4) is 0 Å². The van der Waals surface area contributed by atoms with Crippen molar-refractivity contribution in [1.82, 2.24) is 18.8 Å². The smallest absolute Gasteiger partial charge is 0.248 e. The lowest BCUT2D eigenvalue weighted by molar-refractivity contribution is 0.389. The lowest BCUT2D eigenvalue weighted by atomic mass is 10.4. The highest BCUT2D eigenvalue weighted by Gasteiger charge is 2.29. The van der Waals surface area contributed by atoms with Crippen LogP contribution in [0.15, 0.2) is 33.9 Å². The Labute approximate surface area is 138 Å². The third-order valence-electron chi connectivity index (χ3n) is 3.49. The van der Waals surface area contributed by atoms with Crippen LogP contribution in [0, 0.1) is 13.8 Å². The Morgan fingerprint density at radius 3 is 2.70 bits per heavy atom. The standard InChI is InChI=1S/C14H15ClN4O3S/c1-9-14(10(2)22-17-9)23(20,21)18(3)7-12-8-19-6-11(15)4-5-13(19)16-12/h4-6,8H,7H2,1-3H3. The Morgan fingerprint density at radius 2 is 2.04 bits per heavy atom. The number of nitrogens with zero attached hydrogens (tertiary/aromatic N) is 4. The van der Waals surface area contributed by atoms with E-state index in [9.17, 15) is 8.42 Å². The van der Waals surface area contributed by atoms with Gasteiger partial charge in [-0.05, 0) is 26.0 Å². The van der Waals surface area contributed by atoms with Gasteiger partial charge in [-0.1, -0.05) is 16.8 Å². The number of fused-ring (bicyclic) bond motifs is 1. The van der Waals surface area contributed by atoms with E-state index in [-0.39, 0.29) is 17.2 Å². The maximum atomic E-state index is 12.7. The van der Waals surface area contributed by atoms with E-state index in [1.807, 2.05) is 0 Å². The molecule has 3 rings (SSSR count). The van der Waals surface area contributed by atoms with Gasteiger partial charge in [0.25, 0.3) is 0 Å². The van der Waals surface area contributed by atoms with Crippen molar-refractivity contribution < 1.29 is 12.9 Å². The summed E-state index contributed by atoms with van der Waals surface area (Å²) in [7, 11) is -2.20. The SMILES string of the molecule is Cc1noc(C)c1S(=O)(=O)N(C)Cc1cn2cc(Cl)ccc2n1. The fourth-order valence-corrected chi connectivity index (χ4v) is 4.00. The van der Waals surface area contributed by atoms with Crippen LogP contribution in [-0.2, 0) is 16.6 Å². The van der Waals surface area contributed by atoms with Gasteiger partial charge in [-0.2, -0.15) is 4.31 Å². The molecule has 0 fully saturated rings. The van der Waals surface area contributed by atoms with Crippen LogP contribution in [0.5, 0.6) is 0 Å². The van der Waals surface area contributed by atoms with E-state index in [1.165, 1.54) is 11.4 Å². The highest BCUT2D eigenvalue weighted by molar-refractivity contribution is 7.89. The quantitative estimate of drug-likeness (QED) is 0.718. The second kappa shape index (κ2) is 5.63. The monoisotopic (exact) mass is 354 g/mol. The molecule has 3 aromatic heterocycles. The Balaban J connectivity index is 1.92. The lowest BCUT2D eigenvalue weighted by Gasteiger charge is -2.15. The highest BCUT2D eigenvalue weighted by Crippen LogP contribution is 2.23. The van der Waals surface area contributed by atoms with Crippen molar-refractivity contribution in [1.29, 1.82) is 0 Å². The molecule has 0 atom stereocenters. The molecule has 0 aromatic carbocycles. The van der Waals surface area contributed by atoms with Gasteiger partial charge in [0, 0.05) is 19.4 Å². The number of rotatable bonds is 4. The van der Waals surface area contributed by atoms with E-state index in [0.717, 1.165) is 0 Å². The molecule has 9 heteroatoms. The van der Waals surface area contributed by atoms with Gasteiger partial charge in [-0.15, -0.1) is 0 Å². The number of sulfonamides is 1. The van der Waals surface area contributed by atoms with Gasteiger partial charge in [0.15, 0.2) is 5.76 Å². The number of halogens is 1. The van der Waals surface area contributed by atoms with Crippen molar-refractivity contribution in [3.63, 3.8) is 0 Å². The first-order valence-electron chi connectivity index (χ1n) is 6.81. The maximum absolute atomic E-state index is 12.7. The zero-order chi connectivity index (χ0) is 16.8. The lowest BCUT2D eigenvalue weighted by Crippen LogP contribution is -2.27. The molecule has 3 heterocycles. The average molecular weight is 355 g/mol. The molecule has 0 radical (unpaired) electrons. The molecule has 122 valence electrons. The van der Waals surface area contributed by atoms with E-state index in [1.54, 1.807) is 42.8 Å². The minimum atomic E-state index is -3.70. The van der Waals surface area contributed by atoms with E-state index in [0.29, 0.717) is 22.1 Å². The number of pyridine rings is 1. The number of hydrogen-bond acceptors (Lipinski definition) is 5. The third kappa shape index (κ3) is 2.85. The second-order valence-corrected chi connectivity index (χ2v) is 7.68. The Kier molecular flexibility index (Phi) is 3.91. The molecule has 0 unspecified atom stereocenters. The van der Waals surface area contributed by atoms with Crippen LogP contribution < -0.4 is 0 Å². The minimum Gasteiger partial charge on any atom is -0.360 e. The van der Waals surface area contributed by atoms with Crippen molar-refractivity contribution >= 4 is 27.3 Å². The normalized spacial score (nSPS) is 12.4. The van der Waals surface area contributed by atoms with Gasteiger partial charge in [-0.3, -0.25) is 0 Å². The summed E-state index contributed by atoms with van der Waals surface area (Å²) in [5.41, 5.74) is 1.66. The highest BCUT2D eigenvalue weighted by atomic mass is 35.5. The van der Waals surface area contributed by atoms with Gasteiger partial charge in [0.1, 0.15) is 16.2 Å². The molecule has 0 saturated heterocycles. The summed E-state index contributed by atoms with van der Waals surface area (Å²) < 4.78 is 33.3. The zero-order valence-electron chi connectivity index (χ0n) is 12.8. The van der Waals surface area contributed by atoms with Gasteiger partial charge in [0.05, 0.1) is 17.3 Å². The molecule has 0 amide bonds. The molecule has 0 aliphatic heterocycles. The Bertz CT molecular complexity index is 958. The minimum absolute atomic E-state index is 0.104. The fraction of sp³-hybridized carbons (Fsp3) is 0.286. The van der Waals surface area contributed by atoms with Crippen LogP contribution in [0.2, 0.25) is 5.02 Å². The van der Waals surface area contributed by atoms with Crippen LogP contribution in [0.4, 0.5) is 0 Å². The van der Waals surface area contributed by atoms with E-state index >= 15 is 0 Å². The van der Waals surface area contributed by atoms with Crippen LogP contribution in [0.1, 0.15) is 17.1 Å². The molecular formula is C14H15ClN4O3S. The predicted molar refractivity (Wildman–Crippen MR) is 84.8 cm³/mol. The first kappa shape index (κ1) is 16.0. The molecule has 7 nitrogen and oxygen atoms in total. The number of aromatic nitrogens is 3. The molecule has 0 aliphatic rings. The van der Waals surface area contributed by atoms with E-state index in [2.05, 4.69) is 10.1 Å². The zero-order valence-corrected chi connectivity index (χ0v) is 14.4. The van der Waals surface area contributed by atoms with Crippen molar-refractivity contribution in [2.75, 3.05) is 7.05 Å². The predicted octanol–water partition coefficient (Wildman–Crippen LogP) is 2.41. The molecular weight excluding hydrogens is 340 g/mol. The topological polar surface area (TPSA) is 80.7 Å². The first-order valence-corrected chi connectivity index (χ1v) is 8.63. The maximum Gasteiger partial charge on any atom is 0.248 e.